The average Bonchev–Trinajstić information content (AvgIpc) is 2.79. The van der Waals surface area contributed by atoms with Crippen molar-refractivity contribution < 1.29 is 14.3 Å². The number of nitrogens with zero attached hydrogens (tertiary/aromatic N) is 1. The normalized spacial score (nSPS) is 10.5. The van der Waals surface area contributed by atoms with Gasteiger partial charge in [0, 0.05) is 33.8 Å². The molecule has 0 heterocycles. The predicted octanol–water partition coefficient (Wildman–Crippen LogP) is 7.10. The number of amides is 2. The van der Waals surface area contributed by atoms with Crippen LogP contribution in [0.1, 0.15) is 28.4 Å². The number of hydrogen-bond donors (Lipinski definition) is 1. The lowest BCUT2D eigenvalue weighted by Gasteiger charge is -2.24. The number of ether oxygens (including phenoxy) is 1. The van der Waals surface area contributed by atoms with E-state index in [1.54, 1.807) is 54.3 Å². The molecular formula is C25H23Cl3N2O3. The van der Waals surface area contributed by atoms with Crippen LogP contribution < -0.4 is 5.32 Å². The fourth-order valence-electron chi connectivity index (χ4n) is 3.17. The number of anilines is 1. The quantitative estimate of drug-likeness (QED) is 0.332. The summed E-state index contributed by atoms with van der Waals surface area (Å²) in [5, 5.41) is 4.57. The number of hydrogen-bond acceptors (Lipinski definition) is 3. The number of esters is 1. The van der Waals surface area contributed by atoms with Crippen molar-refractivity contribution in [3.05, 3.63) is 98.5 Å². The first kappa shape index (κ1) is 24.9. The number of carbonyl (C=O) groups excluding carboxylic acids is 2. The Kier molecular flexibility index (Phi) is 9.01. The Morgan fingerprint density at radius 3 is 2.30 bits per heavy atom. The molecule has 172 valence electrons. The summed E-state index contributed by atoms with van der Waals surface area (Å²) < 4.78 is 4.99. The molecule has 0 unspecified atom stereocenters. The molecular weight excluding hydrogens is 483 g/mol. The number of urea groups is 1. The zero-order valence-corrected chi connectivity index (χ0v) is 20.3. The van der Waals surface area contributed by atoms with Crippen LogP contribution in [0.3, 0.4) is 0 Å². The summed E-state index contributed by atoms with van der Waals surface area (Å²) in [5.41, 5.74) is 2.69. The van der Waals surface area contributed by atoms with Crippen LogP contribution in [-0.2, 0) is 17.7 Å². The Morgan fingerprint density at radius 1 is 0.909 bits per heavy atom. The van der Waals surface area contributed by atoms with Crippen LogP contribution in [0.25, 0.3) is 0 Å². The Morgan fingerprint density at radius 2 is 1.64 bits per heavy atom. The minimum Gasteiger partial charge on any atom is -0.462 e. The molecule has 0 aliphatic carbocycles. The first-order chi connectivity index (χ1) is 15.9. The smallest absolute Gasteiger partial charge is 0.338 e. The first-order valence-corrected chi connectivity index (χ1v) is 11.5. The Hall–Kier alpha value is -2.73. The SMILES string of the molecule is CCOC(=O)c1ccc(NC(=O)N(CCc2ccc(Cl)cc2Cl)Cc2ccccc2Cl)cc1. The molecule has 3 rings (SSSR count). The van der Waals surface area contributed by atoms with Gasteiger partial charge in [0.1, 0.15) is 0 Å². The van der Waals surface area contributed by atoms with Crippen LogP contribution in [0.15, 0.2) is 66.7 Å². The summed E-state index contributed by atoms with van der Waals surface area (Å²) in [6, 6.07) is 18.9. The molecule has 0 saturated carbocycles. The van der Waals surface area contributed by atoms with Crippen molar-refractivity contribution in [1.29, 1.82) is 0 Å². The molecule has 0 saturated heterocycles. The van der Waals surface area contributed by atoms with E-state index in [9.17, 15) is 9.59 Å². The molecule has 1 N–H and O–H groups in total. The van der Waals surface area contributed by atoms with Crippen LogP contribution in [0.2, 0.25) is 15.1 Å². The number of rotatable bonds is 8. The van der Waals surface area contributed by atoms with Gasteiger partial charge in [-0.05, 0) is 66.9 Å². The van der Waals surface area contributed by atoms with E-state index in [0.717, 1.165) is 11.1 Å². The highest BCUT2D eigenvalue weighted by Gasteiger charge is 2.17. The molecule has 2 amide bonds. The van der Waals surface area contributed by atoms with Gasteiger partial charge in [0.25, 0.3) is 0 Å². The van der Waals surface area contributed by atoms with E-state index < -0.39 is 5.97 Å². The van der Waals surface area contributed by atoms with Gasteiger partial charge in [-0.2, -0.15) is 0 Å². The number of carbonyl (C=O) groups is 2. The maximum Gasteiger partial charge on any atom is 0.338 e. The van der Waals surface area contributed by atoms with Crippen LogP contribution in [0.5, 0.6) is 0 Å². The Bertz CT molecular complexity index is 1120. The minimum absolute atomic E-state index is 0.298. The highest BCUT2D eigenvalue weighted by molar-refractivity contribution is 6.35. The van der Waals surface area contributed by atoms with Crippen molar-refractivity contribution in [2.24, 2.45) is 0 Å². The Balaban J connectivity index is 1.75. The van der Waals surface area contributed by atoms with Crippen LogP contribution >= 0.6 is 34.8 Å². The van der Waals surface area contributed by atoms with E-state index in [1.807, 2.05) is 24.3 Å². The zero-order chi connectivity index (χ0) is 23.8. The second kappa shape index (κ2) is 11.9. The maximum atomic E-state index is 13.1. The fraction of sp³-hybridized carbons (Fsp3) is 0.200. The summed E-state index contributed by atoms with van der Waals surface area (Å²) in [7, 11) is 0. The molecule has 5 nitrogen and oxygen atoms in total. The van der Waals surface area contributed by atoms with Gasteiger partial charge >= 0.3 is 12.0 Å². The van der Waals surface area contributed by atoms with E-state index in [1.165, 1.54) is 0 Å². The van der Waals surface area contributed by atoms with E-state index in [4.69, 9.17) is 39.5 Å². The van der Waals surface area contributed by atoms with Crippen molar-refractivity contribution in [3.63, 3.8) is 0 Å². The van der Waals surface area contributed by atoms with Crippen LogP contribution in [0.4, 0.5) is 10.5 Å². The van der Waals surface area contributed by atoms with Crippen LogP contribution in [0, 0.1) is 0 Å². The summed E-state index contributed by atoms with van der Waals surface area (Å²) in [5.74, 6) is -0.407. The van der Waals surface area contributed by atoms with E-state index in [-0.39, 0.29) is 6.03 Å². The van der Waals surface area contributed by atoms with Gasteiger partial charge in [-0.1, -0.05) is 59.1 Å². The van der Waals surface area contributed by atoms with Crippen molar-refractivity contribution in [2.75, 3.05) is 18.5 Å². The number of nitrogens with one attached hydrogen (secondary N) is 1. The van der Waals surface area contributed by atoms with Gasteiger partial charge in [0.2, 0.25) is 0 Å². The van der Waals surface area contributed by atoms with Gasteiger partial charge in [-0.15, -0.1) is 0 Å². The molecule has 3 aromatic carbocycles. The standard InChI is InChI=1S/C25H23Cl3N2O3/c1-2-33-24(31)18-8-11-21(12-9-18)29-25(32)30(16-19-5-3-4-6-22(19)27)14-13-17-7-10-20(26)15-23(17)28/h3-12,15H,2,13-14,16H2,1H3,(H,29,32). The minimum atomic E-state index is -0.407. The summed E-state index contributed by atoms with van der Waals surface area (Å²) in [4.78, 5) is 26.6. The lowest BCUT2D eigenvalue weighted by Crippen LogP contribution is -2.36. The van der Waals surface area contributed by atoms with Crippen molar-refractivity contribution in [2.45, 2.75) is 19.9 Å². The van der Waals surface area contributed by atoms with Crippen LogP contribution in [-0.4, -0.2) is 30.1 Å². The summed E-state index contributed by atoms with van der Waals surface area (Å²) in [6.07, 6.45) is 0.537. The van der Waals surface area contributed by atoms with E-state index in [2.05, 4.69) is 5.32 Å². The molecule has 0 aromatic heterocycles. The number of benzene rings is 3. The van der Waals surface area contributed by atoms with Gasteiger partial charge in [0.05, 0.1) is 12.2 Å². The van der Waals surface area contributed by atoms with Gasteiger partial charge in [-0.3, -0.25) is 0 Å². The zero-order valence-electron chi connectivity index (χ0n) is 18.0. The topological polar surface area (TPSA) is 58.6 Å². The molecule has 0 aliphatic heterocycles. The molecule has 3 aromatic rings. The lowest BCUT2D eigenvalue weighted by molar-refractivity contribution is 0.0526. The Labute approximate surface area is 208 Å². The molecule has 8 heteroatoms. The van der Waals surface area contributed by atoms with Gasteiger partial charge < -0.3 is 15.0 Å². The molecule has 33 heavy (non-hydrogen) atoms. The monoisotopic (exact) mass is 504 g/mol. The fourth-order valence-corrected chi connectivity index (χ4v) is 3.87. The van der Waals surface area contributed by atoms with Crippen molar-refractivity contribution >= 4 is 52.5 Å². The summed E-state index contributed by atoms with van der Waals surface area (Å²) in [6.45, 7) is 2.76. The summed E-state index contributed by atoms with van der Waals surface area (Å²) >= 11 is 18.6. The molecule has 0 radical (unpaired) electrons. The molecule has 0 aliphatic rings. The predicted molar refractivity (Wildman–Crippen MR) is 133 cm³/mol. The average molecular weight is 506 g/mol. The van der Waals surface area contributed by atoms with E-state index >= 15 is 0 Å². The van der Waals surface area contributed by atoms with E-state index in [0.29, 0.717) is 52.4 Å². The van der Waals surface area contributed by atoms with Gasteiger partial charge in [0.15, 0.2) is 0 Å². The molecule has 0 bridgehead atoms. The third-order valence-corrected chi connectivity index (χ3v) is 5.88. The molecule has 0 spiro atoms. The highest BCUT2D eigenvalue weighted by atomic mass is 35.5. The second-order valence-electron chi connectivity index (χ2n) is 7.23. The third kappa shape index (κ3) is 7.13. The van der Waals surface area contributed by atoms with Gasteiger partial charge in [-0.25, -0.2) is 9.59 Å². The maximum absolute atomic E-state index is 13.1. The van der Waals surface area contributed by atoms with Crippen molar-refractivity contribution in [3.8, 4) is 0 Å². The largest absolute Gasteiger partial charge is 0.462 e. The van der Waals surface area contributed by atoms with Crippen molar-refractivity contribution in [1.82, 2.24) is 4.90 Å². The lowest BCUT2D eigenvalue weighted by atomic mass is 10.1. The molecule has 0 atom stereocenters. The first-order valence-electron chi connectivity index (χ1n) is 10.4. The molecule has 0 fully saturated rings. The number of halogens is 3. The third-order valence-electron chi connectivity index (χ3n) is 4.92. The second-order valence-corrected chi connectivity index (χ2v) is 8.48. The highest BCUT2D eigenvalue weighted by Crippen LogP contribution is 2.23.